The highest BCUT2D eigenvalue weighted by molar-refractivity contribution is 5.88. The summed E-state index contributed by atoms with van der Waals surface area (Å²) in [5, 5.41) is 22.6. The molecule has 8 nitrogen and oxygen atoms in total. The highest BCUT2D eigenvalue weighted by Gasteiger charge is 2.11. The van der Waals surface area contributed by atoms with Crippen LogP contribution in [0.3, 0.4) is 0 Å². The number of hydrogen-bond acceptors (Lipinski definition) is 7. The second-order valence-corrected chi connectivity index (χ2v) is 5.66. The fourth-order valence-electron chi connectivity index (χ4n) is 2.73. The van der Waals surface area contributed by atoms with Gasteiger partial charge in [0.15, 0.2) is 5.65 Å². The summed E-state index contributed by atoms with van der Waals surface area (Å²) in [6.07, 6.45) is 4.70. The summed E-state index contributed by atoms with van der Waals surface area (Å²) in [6, 6.07) is 14.5. The molecule has 4 aromatic rings. The molecular formula is C19H12N6O2. The number of anilines is 2. The summed E-state index contributed by atoms with van der Waals surface area (Å²) in [5.74, 6) is 0.292. The van der Waals surface area contributed by atoms with Crippen LogP contribution >= 0.6 is 0 Å². The van der Waals surface area contributed by atoms with E-state index in [1.54, 1.807) is 42.7 Å². The lowest BCUT2D eigenvalue weighted by molar-refractivity contribution is 0.182. The maximum Gasteiger partial charge on any atom is 0.384 e. The lowest BCUT2D eigenvalue weighted by atomic mass is 10.0. The summed E-state index contributed by atoms with van der Waals surface area (Å²) in [5.41, 5.74) is 2.10. The molecule has 0 aliphatic carbocycles. The number of nitriles is 1. The van der Waals surface area contributed by atoms with Crippen LogP contribution in [-0.2, 0) is 0 Å². The van der Waals surface area contributed by atoms with Gasteiger partial charge in [-0.2, -0.15) is 10.2 Å². The number of aromatic nitrogens is 4. The largest absolute Gasteiger partial charge is 0.422 e. The molecule has 0 saturated carbocycles. The van der Waals surface area contributed by atoms with Gasteiger partial charge in [-0.25, -0.2) is 9.78 Å². The van der Waals surface area contributed by atoms with Crippen molar-refractivity contribution in [3.8, 4) is 17.2 Å². The van der Waals surface area contributed by atoms with Crippen LogP contribution in [0.4, 0.5) is 11.5 Å². The quantitative estimate of drug-likeness (QED) is 0.542. The average Bonchev–Trinajstić information content (AvgIpc) is 2.72. The Balaban J connectivity index is 1.71. The van der Waals surface area contributed by atoms with E-state index in [2.05, 4.69) is 26.3 Å². The van der Waals surface area contributed by atoms with Gasteiger partial charge in [0.1, 0.15) is 5.82 Å². The third kappa shape index (κ3) is 2.94. The molecule has 3 heterocycles. The van der Waals surface area contributed by atoms with Gasteiger partial charge < -0.3 is 10.5 Å². The Morgan fingerprint density at radius 1 is 1.11 bits per heavy atom. The lowest BCUT2D eigenvalue weighted by Gasteiger charge is -2.10. The maximum absolute atomic E-state index is 11.8. The molecule has 0 saturated heterocycles. The summed E-state index contributed by atoms with van der Waals surface area (Å²) >= 11 is 0. The lowest BCUT2D eigenvalue weighted by Crippen LogP contribution is -2.23. The van der Waals surface area contributed by atoms with Crippen LogP contribution in [0.25, 0.3) is 22.2 Å². The van der Waals surface area contributed by atoms with E-state index in [0.717, 1.165) is 11.1 Å². The minimum absolute atomic E-state index is 0.116. The first kappa shape index (κ1) is 16.2. The molecule has 0 aliphatic rings. The molecule has 1 aromatic carbocycles. The van der Waals surface area contributed by atoms with Crippen LogP contribution in [0.15, 0.2) is 65.8 Å². The summed E-state index contributed by atoms with van der Waals surface area (Å²) in [7, 11) is 0. The van der Waals surface area contributed by atoms with Crippen LogP contribution in [0, 0.1) is 11.3 Å². The molecule has 0 spiro atoms. The van der Waals surface area contributed by atoms with Crippen LogP contribution in [-0.4, -0.2) is 24.9 Å². The van der Waals surface area contributed by atoms with Gasteiger partial charge in [0.25, 0.3) is 0 Å². The SMILES string of the molecule is N#Cc1ccncc1-c1ccc(Nc2nc(=O)n(O)c3ncccc23)cc1. The van der Waals surface area contributed by atoms with Gasteiger partial charge in [0.2, 0.25) is 0 Å². The first-order chi connectivity index (χ1) is 13.2. The van der Waals surface area contributed by atoms with Gasteiger partial charge in [-0.1, -0.05) is 12.1 Å². The topological polar surface area (TPSA) is 117 Å². The van der Waals surface area contributed by atoms with E-state index < -0.39 is 5.69 Å². The van der Waals surface area contributed by atoms with E-state index in [9.17, 15) is 15.3 Å². The highest BCUT2D eigenvalue weighted by atomic mass is 16.5. The Hall–Kier alpha value is -4.25. The van der Waals surface area contributed by atoms with E-state index in [1.165, 1.54) is 6.20 Å². The van der Waals surface area contributed by atoms with E-state index in [0.29, 0.717) is 27.2 Å². The van der Waals surface area contributed by atoms with Crippen molar-refractivity contribution in [2.75, 3.05) is 5.32 Å². The number of fused-ring (bicyclic) bond motifs is 1. The maximum atomic E-state index is 11.8. The summed E-state index contributed by atoms with van der Waals surface area (Å²) in [4.78, 5) is 23.8. The Morgan fingerprint density at radius 2 is 1.93 bits per heavy atom. The van der Waals surface area contributed by atoms with Gasteiger partial charge in [0, 0.05) is 29.8 Å². The van der Waals surface area contributed by atoms with E-state index in [4.69, 9.17) is 0 Å². The second-order valence-electron chi connectivity index (χ2n) is 5.66. The molecule has 2 N–H and O–H groups in total. The molecule has 130 valence electrons. The zero-order valence-corrected chi connectivity index (χ0v) is 13.9. The zero-order valence-electron chi connectivity index (χ0n) is 13.9. The number of nitrogens with zero attached hydrogens (tertiary/aromatic N) is 5. The normalized spacial score (nSPS) is 10.5. The van der Waals surface area contributed by atoms with Crippen molar-refractivity contribution in [2.24, 2.45) is 0 Å². The molecule has 0 unspecified atom stereocenters. The number of hydrogen-bond donors (Lipinski definition) is 2. The molecule has 0 bridgehead atoms. The van der Waals surface area contributed by atoms with Crippen molar-refractivity contribution in [1.82, 2.24) is 19.7 Å². The predicted molar refractivity (Wildman–Crippen MR) is 98.7 cm³/mol. The first-order valence-corrected chi connectivity index (χ1v) is 7.96. The molecule has 0 fully saturated rings. The van der Waals surface area contributed by atoms with E-state index >= 15 is 0 Å². The average molecular weight is 356 g/mol. The fourth-order valence-corrected chi connectivity index (χ4v) is 2.73. The predicted octanol–water partition coefficient (Wildman–Crippen LogP) is 2.71. The standard InChI is InChI=1S/C19H12N6O2/c20-10-13-7-9-21-11-16(13)12-3-5-14(6-4-12)23-17-15-2-1-8-22-18(15)25(27)19(26)24-17/h1-9,11,27H,(H,23,24,26). The third-order valence-corrected chi connectivity index (χ3v) is 4.03. The fraction of sp³-hybridized carbons (Fsp3) is 0. The van der Waals surface area contributed by atoms with Crippen LogP contribution in [0.2, 0.25) is 0 Å². The Labute approximate surface area is 153 Å². The molecule has 3 aromatic heterocycles. The van der Waals surface area contributed by atoms with Crippen LogP contribution < -0.4 is 11.0 Å². The number of benzene rings is 1. The van der Waals surface area contributed by atoms with Gasteiger partial charge in [-0.15, -0.1) is 4.73 Å². The van der Waals surface area contributed by atoms with Crippen molar-refractivity contribution < 1.29 is 5.21 Å². The minimum Gasteiger partial charge on any atom is -0.422 e. The summed E-state index contributed by atoms with van der Waals surface area (Å²) in [6.45, 7) is 0. The molecule has 0 amide bonds. The van der Waals surface area contributed by atoms with Crippen molar-refractivity contribution in [3.63, 3.8) is 0 Å². The van der Waals surface area contributed by atoms with Crippen LogP contribution in [0.5, 0.6) is 0 Å². The van der Waals surface area contributed by atoms with Crippen LogP contribution in [0.1, 0.15) is 5.56 Å². The van der Waals surface area contributed by atoms with E-state index in [-0.39, 0.29) is 5.65 Å². The van der Waals surface area contributed by atoms with Gasteiger partial charge >= 0.3 is 5.69 Å². The number of rotatable bonds is 3. The summed E-state index contributed by atoms with van der Waals surface area (Å²) < 4.78 is 0.412. The van der Waals surface area contributed by atoms with E-state index in [1.807, 2.05) is 12.1 Å². The molecule has 4 rings (SSSR count). The Kier molecular flexibility index (Phi) is 3.95. The monoisotopic (exact) mass is 356 g/mol. The highest BCUT2D eigenvalue weighted by Crippen LogP contribution is 2.26. The first-order valence-electron chi connectivity index (χ1n) is 7.96. The number of nitrogens with one attached hydrogen (secondary N) is 1. The van der Waals surface area contributed by atoms with Gasteiger partial charge in [-0.05, 0) is 35.9 Å². The smallest absolute Gasteiger partial charge is 0.384 e. The van der Waals surface area contributed by atoms with Crippen molar-refractivity contribution in [2.45, 2.75) is 0 Å². The minimum atomic E-state index is -0.825. The molecule has 0 aliphatic heterocycles. The molecule has 0 atom stereocenters. The van der Waals surface area contributed by atoms with Crippen molar-refractivity contribution in [1.29, 1.82) is 5.26 Å². The third-order valence-electron chi connectivity index (χ3n) is 4.03. The van der Waals surface area contributed by atoms with Gasteiger partial charge in [0.05, 0.1) is 17.0 Å². The Morgan fingerprint density at radius 3 is 2.70 bits per heavy atom. The zero-order chi connectivity index (χ0) is 18.8. The molecule has 8 heteroatoms. The van der Waals surface area contributed by atoms with Gasteiger partial charge in [-0.3, -0.25) is 4.98 Å². The second kappa shape index (κ2) is 6.57. The molecule has 27 heavy (non-hydrogen) atoms. The number of pyridine rings is 2. The molecular weight excluding hydrogens is 344 g/mol. The van der Waals surface area contributed by atoms with Crippen molar-refractivity contribution >= 4 is 22.5 Å². The Bertz CT molecular complexity index is 1240. The van der Waals surface area contributed by atoms with Crippen molar-refractivity contribution in [3.05, 3.63) is 77.1 Å². The molecule has 0 radical (unpaired) electrons.